The van der Waals surface area contributed by atoms with Crippen molar-refractivity contribution in [3.63, 3.8) is 0 Å². The maximum absolute atomic E-state index is 13.5. The van der Waals surface area contributed by atoms with Crippen LogP contribution < -0.4 is 5.32 Å². The van der Waals surface area contributed by atoms with E-state index in [0.29, 0.717) is 18.0 Å². The van der Waals surface area contributed by atoms with Crippen molar-refractivity contribution in [2.45, 2.75) is 25.3 Å². The number of halogens is 3. The summed E-state index contributed by atoms with van der Waals surface area (Å²) in [5, 5.41) is 3.27. The minimum absolute atomic E-state index is 0.183. The standard InChI is InChI=1S/C11H12BrF2N/c12-9-4-3-7(10(13)11(9)14)6-8-2-1-5-15-8/h3-4,8,15H,1-2,5-6H2. The number of rotatable bonds is 2. The third-order valence-corrected chi connectivity index (χ3v) is 3.36. The van der Waals surface area contributed by atoms with Crippen molar-refractivity contribution < 1.29 is 8.78 Å². The summed E-state index contributed by atoms with van der Waals surface area (Å²) >= 11 is 2.96. The SMILES string of the molecule is Fc1c(Br)ccc(CC2CCCN2)c1F. The lowest BCUT2D eigenvalue weighted by molar-refractivity contribution is 0.484. The van der Waals surface area contributed by atoms with Gasteiger partial charge in [-0.1, -0.05) is 6.07 Å². The van der Waals surface area contributed by atoms with E-state index < -0.39 is 11.6 Å². The van der Waals surface area contributed by atoms with Crippen molar-refractivity contribution in [1.82, 2.24) is 5.32 Å². The number of hydrogen-bond donors (Lipinski definition) is 1. The van der Waals surface area contributed by atoms with Gasteiger partial charge in [0, 0.05) is 6.04 Å². The molecule has 0 bridgehead atoms. The molecule has 1 nitrogen and oxygen atoms in total. The monoisotopic (exact) mass is 275 g/mol. The molecule has 1 N–H and O–H groups in total. The van der Waals surface area contributed by atoms with Gasteiger partial charge < -0.3 is 5.32 Å². The van der Waals surface area contributed by atoms with Gasteiger partial charge in [-0.2, -0.15) is 0 Å². The van der Waals surface area contributed by atoms with Gasteiger partial charge in [-0.05, 0) is 53.4 Å². The molecule has 1 unspecified atom stereocenters. The Bertz CT molecular complexity index is 362. The van der Waals surface area contributed by atoms with Crippen LogP contribution in [-0.4, -0.2) is 12.6 Å². The molecule has 1 aromatic carbocycles. The maximum Gasteiger partial charge on any atom is 0.173 e. The van der Waals surface area contributed by atoms with Gasteiger partial charge >= 0.3 is 0 Å². The van der Waals surface area contributed by atoms with Crippen LogP contribution in [0, 0.1) is 11.6 Å². The van der Waals surface area contributed by atoms with Gasteiger partial charge in [0.15, 0.2) is 11.6 Å². The van der Waals surface area contributed by atoms with Crippen molar-refractivity contribution in [2.24, 2.45) is 0 Å². The fraction of sp³-hybridized carbons (Fsp3) is 0.455. The average Bonchev–Trinajstić information content (AvgIpc) is 2.72. The van der Waals surface area contributed by atoms with Gasteiger partial charge in [-0.3, -0.25) is 0 Å². The zero-order valence-electron chi connectivity index (χ0n) is 8.19. The first-order valence-electron chi connectivity index (χ1n) is 5.04. The largest absolute Gasteiger partial charge is 0.314 e. The lowest BCUT2D eigenvalue weighted by atomic mass is 10.0. The van der Waals surface area contributed by atoms with E-state index in [-0.39, 0.29) is 4.47 Å². The highest BCUT2D eigenvalue weighted by molar-refractivity contribution is 9.10. The van der Waals surface area contributed by atoms with E-state index in [1.54, 1.807) is 12.1 Å². The van der Waals surface area contributed by atoms with Gasteiger partial charge in [0.25, 0.3) is 0 Å². The molecule has 1 aromatic rings. The lowest BCUT2D eigenvalue weighted by Gasteiger charge is -2.11. The van der Waals surface area contributed by atoms with Crippen LogP contribution in [0.3, 0.4) is 0 Å². The molecule has 0 spiro atoms. The van der Waals surface area contributed by atoms with Gasteiger partial charge in [0.1, 0.15) is 0 Å². The molecular formula is C11H12BrF2N. The number of hydrogen-bond acceptors (Lipinski definition) is 1. The molecule has 82 valence electrons. The molecule has 0 amide bonds. The van der Waals surface area contributed by atoms with E-state index in [1.807, 2.05) is 0 Å². The van der Waals surface area contributed by atoms with Gasteiger partial charge in [-0.15, -0.1) is 0 Å². The van der Waals surface area contributed by atoms with Crippen molar-refractivity contribution in [2.75, 3.05) is 6.54 Å². The zero-order chi connectivity index (χ0) is 10.8. The summed E-state index contributed by atoms with van der Waals surface area (Å²) < 4.78 is 26.9. The minimum atomic E-state index is -0.787. The van der Waals surface area contributed by atoms with E-state index in [1.165, 1.54) is 0 Å². The molecule has 1 saturated heterocycles. The zero-order valence-corrected chi connectivity index (χ0v) is 9.78. The van der Waals surface area contributed by atoms with Crippen molar-refractivity contribution in [3.05, 3.63) is 33.8 Å². The molecule has 0 radical (unpaired) electrons. The van der Waals surface area contributed by atoms with Crippen LogP contribution in [0.2, 0.25) is 0 Å². The summed E-state index contributed by atoms with van der Waals surface area (Å²) in [7, 11) is 0. The van der Waals surface area contributed by atoms with E-state index >= 15 is 0 Å². The van der Waals surface area contributed by atoms with E-state index in [2.05, 4.69) is 21.2 Å². The molecule has 1 atom stereocenters. The predicted molar refractivity (Wildman–Crippen MR) is 58.8 cm³/mol. The Morgan fingerprint density at radius 2 is 2.13 bits per heavy atom. The summed E-state index contributed by atoms with van der Waals surface area (Å²) in [4.78, 5) is 0. The Hall–Kier alpha value is -0.480. The summed E-state index contributed by atoms with van der Waals surface area (Å²) in [6.45, 7) is 0.977. The quantitative estimate of drug-likeness (QED) is 0.819. The highest BCUT2D eigenvalue weighted by Crippen LogP contribution is 2.23. The Labute approximate surface area is 96.0 Å². The minimum Gasteiger partial charge on any atom is -0.314 e. The highest BCUT2D eigenvalue weighted by atomic mass is 79.9. The van der Waals surface area contributed by atoms with Crippen LogP contribution in [0.4, 0.5) is 8.78 Å². The first kappa shape index (κ1) is 11.0. The molecule has 1 aliphatic heterocycles. The summed E-state index contributed by atoms with van der Waals surface area (Å²) in [5.74, 6) is -1.51. The summed E-state index contributed by atoms with van der Waals surface area (Å²) in [6.07, 6.45) is 2.72. The van der Waals surface area contributed by atoms with Crippen LogP contribution >= 0.6 is 15.9 Å². The first-order chi connectivity index (χ1) is 7.18. The predicted octanol–water partition coefficient (Wildman–Crippen LogP) is 3.02. The molecular weight excluding hydrogens is 264 g/mol. The fourth-order valence-corrected chi connectivity index (χ4v) is 2.23. The molecule has 1 heterocycles. The Balaban J connectivity index is 2.17. The topological polar surface area (TPSA) is 12.0 Å². The second-order valence-electron chi connectivity index (χ2n) is 3.83. The summed E-state index contributed by atoms with van der Waals surface area (Å²) in [6, 6.07) is 3.49. The molecule has 4 heteroatoms. The van der Waals surface area contributed by atoms with Crippen molar-refractivity contribution in [1.29, 1.82) is 0 Å². The van der Waals surface area contributed by atoms with Crippen LogP contribution in [0.5, 0.6) is 0 Å². The lowest BCUT2D eigenvalue weighted by Crippen LogP contribution is -2.24. The van der Waals surface area contributed by atoms with Gasteiger partial charge in [0.05, 0.1) is 4.47 Å². The van der Waals surface area contributed by atoms with Gasteiger partial charge in [0.2, 0.25) is 0 Å². The molecule has 0 aromatic heterocycles. The third kappa shape index (κ3) is 2.37. The second kappa shape index (κ2) is 4.58. The number of benzene rings is 1. The first-order valence-corrected chi connectivity index (χ1v) is 5.83. The van der Waals surface area contributed by atoms with E-state index in [4.69, 9.17) is 0 Å². The molecule has 15 heavy (non-hydrogen) atoms. The Morgan fingerprint density at radius 1 is 1.33 bits per heavy atom. The number of nitrogens with one attached hydrogen (secondary N) is 1. The second-order valence-corrected chi connectivity index (χ2v) is 4.69. The summed E-state index contributed by atoms with van der Waals surface area (Å²) in [5.41, 5.74) is 0.454. The third-order valence-electron chi connectivity index (χ3n) is 2.74. The fourth-order valence-electron chi connectivity index (χ4n) is 1.92. The van der Waals surface area contributed by atoms with E-state index in [9.17, 15) is 8.78 Å². The smallest absolute Gasteiger partial charge is 0.173 e. The van der Waals surface area contributed by atoms with Gasteiger partial charge in [-0.25, -0.2) is 8.78 Å². The van der Waals surface area contributed by atoms with Crippen LogP contribution in [0.1, 0.15) is 18.4 Å². The van der Waals surface area contributed by atoms with Crippen molar-refractivity contribution in [3.8, 4) is 0 Å². The molecule has 2 rings (SSSR count). The Kier molecular flexibility index (Phi) is 3.36. The van der Waals surface area contributed by atoms with Crippen LogP contribution in [0.25, 0.3) is 0 Å². The maximum atomic E-state index is 13.5. The molecule has 0 saturated carbocycles. The molecule has 1 aliphatic rings. The molecule has 1 fully saturated rings. The highest BCUT2D eigenvalue weighted by Gasteiger charge is 2.18. The average molecular weight is 276 g/mol. The van der Waals surface area contributed by atoms with Crippen LogP contribution in [0.15, 0.2) is 16.6 Å². The van der Waals surface area contributed by atoms with Crippen LogP contribution in [-0.2, 0) is 6.42 Å². The normalized spacial score (nSPS) is 20.9. The molecule has 0 aliphatic carbocycles. The Morgan fingerprint density at radius 3 is 2.80 bits per heavy atom. The van der Waals surface area contributed by atoms with Crippen molar-refractivity contribution >= 4 is 15.9 Å². The van der Waals surface area contributed by atoms with E-state index in [0.717, 1.165) is 19.4 Å².